The molecule has 0 aliphatic heterocycles. The summed E-state index contributed by atoms with van der Waals surface area (Å²) in [6, 6.07) is 0. The zero-order valence-electron chi connectivity index (χ0n) is 12.9. The number of hydrogen-bond acceptors (Lipinski definition) is 5. The molecule has 0 radical (unpaired) electrons. The van der Waals surface area contributed by atoms with E-state index < -0.39 is 19.5 Å². The maximum atomic E-state index is 10.6. The summed E-state index contributed by atoms with van der Waals surface area (Å²) in [6.07, 6.45) is 0.350. The Hall–Kier alpha value is -0.0100. The van der Waals surface area contributed by atoms with E-state index in [1.807, 2.05) is 27.7 Å². The quantitative estimate of drug-likeness (QED) is 0.561. The van der Waals surface area contributed by atoms with E-state index in [4.69, 9.17) is 24.0 Å². The maximum absolute atomic E-state index is 10.6. The Morgan fingerprint density at radius 2 is 1.80 bits per heavy atom. The minimum atomic E-state index is -4.48. The average Bonchev–Trinajstić information content (AvgIpc) is 2.26. The lowest BCUT2D eigenvalue weighted by Crippen LogP contribution is -2.33. The molecule has 20 heavy (non-hydrogen) atoms. The molecule has 2 N–H and O–H groups in total. The van der Waals surface area contributed by atoms with Gasteiger partial charge >= 0.3 is 7.82 Å². The minimum Gasteiger partial charge on any atom is -0.379 e. The van der Waals surface area contributed by atoms with Crippen LogP contribution in [0.1, 0.15) is 34.1 Å². The van der Waals surface area contributed by atoms with Crippen molar-refractivity contribution in [2.75, 3.05) is 26.9 Å². The Kier molecular flexibility index (Phi) is 9.09. The second-order valence-corrected chi connectivity index (χ2v) is 6.62. The van der Waals surface area contributed by atoms with E-state index in [-0.39, 0.29) is 19.3 Å². The van der Waals surface area contributed by atoms with Crippen LogP contribution in [-0.2, 0) is 23.3 Å². The second-order valence-electron chi connectivity index (χ2n) is 5.38. The van der Waals surface area contributed by atoms with Crippen LogP contribution in [0.3, 0.4) is 0 Å². The Morgan fingerprint density at radius 1 is 1.20 bits per heavy atom. The van der Waals surface area contributed by atoms with Gasteiger partial charge in [-0.05, 0) is 34.1 Å². The van der Waals surface area contributed by atoms with E-state index in [1.165, 1.54) is 7.11 Å². The third kappa shape index (κ3) is 11.8. The molecule has 122 valence electrons. The molecule has 0 saturated heterocycles. The summed E-state index contributed by atoms with van der Waals surface area (Å²) >= 11 is 0. The van der Waals surface area contributed by atoms with Crippen LogP contribution in [0.5, 0.6) is 0 Å². The fourth-order valence-electron chi connectivity index (χ4n) is 1.30. The largest absolute Gasteiger partial charge is 0.469 e. The van der Waals surface area contributed by atoms with Crippen molar-refractivity contribution in [2.24, 2.45) is 0 Å². The molecule has 0 aliphatic rings. The molecule has 0 amide bonds. The van der Waals surface area contributed by atoms with E-state index in [0.717, 1.165) is 0 Å². The molecule has 0 saturated carbocycles. The molecule has 0 aromatic rings. The van der Waals surface area contributed by atoms with Gasteiger partial charge in [-0.15, -0.1) is 0 Å². The van der Waals surface area contributed by atoms with Gasteiger partial charge < -0.3 is 24.0 Å². The number of rotatable bonds is 11. The van der Waals surface area contributed by atoms with Crippen LogP contribution in [0.15, 0.2) is 0 Å². The van der Waals surface area contributed by atoms with Crippen LogP contribution >= 0.6 is 7.82 Å². The van der Waals surface area contributed by atoms with Gasteiger partial charge in [0, 0.05) is 13.7 Å². The first kappa shape index (κ1) is 20.0. The van der Waals surface area contributed by atoms with Gasteiger partial charge in [0.15, 0.2) is 0 Å². The molecular formula is C12H27O7P. The van der Waals surface area contributed by atoms with E-state index in [0.29, 0.717) is 13.0 Å². The maximum Gasteiger partial charge on any atom is 0.469 e. The van der Waals surface area contributed by atoms with E-state index in [1.54, 1.807) is 0 Å². The third-order valence-electron chi connectivity index (χ3n) is 2.58. The topological polar surface area (TPSA) is 94.5 Å². The molecule has 0 fully saturated rings. The molecule has 0 spiro atoms. The van der Waals surface area contributed by atoms with Gasteiger partial charge in [0.2, 0.25) is 0 Å². The first-order valence-electron chi connectivity index (χ1n) is 6.54. The van der Waals surface area contributed by atoms with Crippen LogP contribution in [0, 0.1) is 0 Å². The molecule has 1 atom stereocenters. The van der Waals surface area contributed by atoms with Crippen molar-refractivity contribution in [3.05, 3.63) is 0 Å². The normalized spacial score (nSPS) is 14.8. The molecule has 0 aliphatic carbocycles. The highest BCUT2D eigenvalue weighted by Gasteiger charge is 2.23. The number of phosphoric acid groups is 1. The summed E-state index contributed by atoms with van der Waals surface area (Å²) in [5, 5.41) is 0. The highest BCUT2D eigenvalue weighted by Crippen LogP contribution is 2.35. The highest BCUT2D eigenvalue weighted by molar-refractivity contribution is 7.46. The molecule has 0 aromatic carbocycles. The molecule has 0 bridgehead atoms. The molecule has 8 heteroatoms. The van der Waals surface area contributed by atoms with Gasteiger partial charge in [-0.3, -0.25) is 4.52 Å². The molecule has 0 aromatic heterocycles. The Bertz CT molecular complexity index is 300. The zero-order valence-corrected chi connectivity index (χ0v) is 13.8. The van der Waals surface area contributed by atoms with Crippen LogP contribution in [0.4, 0.5) is 0 Å². The number of phosphoric ester groups is 1. The smallest absolute Gasteiger partial charge is 0.379 e. The van der Waals surface area contributed by atoms with Crippen molar-refractivity contribution in [2.45, 2.75) is 51.9 Å². The summed E-state index contributed by atoms with van der Waals surface area (Å²) < 4.78 is 31.2. The fraction of sp³-hybridized carbons (Fsp3) is 1.00. The number of ether oxygens (including phenoxy) is 3. The predicted molar refractivity (Wildman–Crippen MR) is 74.5 cm³/mol. The number of methoxy groups -OCH3 is 1. The summed E-state index contributed by atoms with van der Waals surface area (Å²) in [5.41, 5.74) is -0.409. The van der Waals surface area contributed by atoms with Crippen molar-refractivity contribution in [3.63, 3.8) is 0 Å². The molecular weight excluding hydrogens is 287 g/mol. The monoisotopic (exact) mass is 314 g/mol. The predicted octanol–water partition coefficient (Wildman–Crippen LogP) is 1.72. The lowest BCUT2D eigenvalue weighted by molar-refractivity contribution is -0.0938. The van der Waals surface area contributed by atoms with E-state index in [9.17, 15) is 4.57 Å². The summed E-state index contributed by atoms with van der Waals surface area (Å²) in [7, 11) is -3.04. The summed E-state index contributed by atoms with van der Waals surface area (Å²) in [6.45, 7) is 8.33. The first-order chi connectivity index (χ1) is 9.06. The Labute approximate surface area is 120 Å². The van der Waals surface area contributed by atoms with Crippen molar-refractivity contribution in [3.8, 4) is 0 Å². The number of hydrogen-bond donors (Lipinski definition) is 2. The summed E-state index contributed by atoms with van der Waals surface area (Å²) in [4.78, 5) is 17.3. The lowest BCUT2D eigenvalue weighted by atomic mass is 10.1. The van der Waals surface area contributed by atoms with Crippen LogP contribution in [-0.4, -0.2) is 54.5 Å². The standard InChI is InChI=1S/C12H27O7P/c1-10(2)17-7-6-12(3,4)18-8-11(16-5)9-19-20(13,14)15/h10-11H,6-9H2,1-5H3,(H2,13,14,15). The second kappa shape index (κ2) is 9.10. The van der Waals surface area contributed by atoms with Gasteiger partial charge in [0.1, 0.15) is 6.10 Å². The Morgan fingerprint density at radius 3 is 2.25 bits per heavy atom. The van der Waals surface area contributed by atoms with Gasteiger partial charge in [0.25, 0.3) is 0 Å². The summed E-state index contributed by atoms with van der Waals surface area (Å²) in [5.74, 6) is 0. The minimum absolute atomic E-state index is 0.175. The first-order valence-corrected chi connectivity index (χ1v) is 8.07. The highest BCUT2D eigenvalue weighted by atomic mass is 31.2. The van der Waals surface area contributed by atoms with Gasteiger partial charge in [0.05, 0.1) is 24.9 Å². The third-order valence-corrected chi connectivity index (χ3v) is 3.06. The van der Waals surface area contributed by atoms with Crippen LogP contribution < -0.4 is 0 Å². The Balaban J connectivity index is 4.04. The van der Waals surface area contributed by atoms with E-state index in [2.05, 4.69) is 4.52 Å². The van der Waals surface area contributed by atoms with Crippen LogP contribution in [0.2, 0.25) is 0 Å². The average molecular weight is 314 g/mol. The van der Waals surface area contributed by atoms with Gasteiger partial charge in [-0.2, -0.15) is 0 Å². The SMILES string of the molecule is COC(COC(C)(C)CCOC(C)C)COP(=O)(O)O. The zero-order chi connectivity index (χ0) is 15.8. The van der Waals surface area contributed by atoms with Gasteiger partial charge in [-0.1, -0.05) is 0 Å². The van der Waals surface area contributed by atoms with Crippen molar-refractivity contribution >= 4 is 7.82 Å². The van der Waals surface area contributed by atoms with Crippen molar-refractivity contribution in [1.29, 1.82) is 0 Å². The molecule has 0 rings (SSSR count). The fourth-order valence-corrected chi connectivity index (χ4v) is 1.66. The van der Waals surface area contributed by atoms with E-state index >= 15 is 0 Å². The lowest BCUT2D eigenvalue weighted by Gasteiger charge is -2.28. The molecule has 0 heterocycles. The van der Waals surface area contributed by atoms with Crippen molar-refractivity contribution < 1.29 is 33.1 Å². The molecule has 1 unspecified atom stereocenters. The van der Waals surface area contributed by atoms with Crippen LogP contribution in [0.25, 0.3) is 0 Å². The molecule has 7 nitrogen and oxygen atoms in total. The van der Waals surface area contributed by atoms with Gasteiger partial charge in [-0.25, -0.2) is 4.57 Å². The van der Waals surface area contributed by atoms with Crippen molar-refractivity contribution in [1.82, 2.24) is 0 Å².